The second-order valence-corrected chi connectivity index (χ2v) is 5.58. The molecule has 0 saturated heterocycles. The van der Waals surface area contributed by atoms with Crippen molar-refractivity contribution >= 4 is 5.91 Å². The van der Waals surface area contributed by atoms with Crippen LogP contribution in [0.5, 0.6) is 0 Å². The molecular weight excluding hydrogens is 228 g/mol. The van der Waals surface area contributed by atoms with Gasteiger partial charge in [-0.3, -0.25) is 4.79 Å². The van der Waals surface area contributed by atoms with E-state index in [-0.39, 0.29) is 5.91 Å². The molecule has 0 aliphatic heterocycles. The molecule has 0 unspecified atom stereocenters. The molecule has 0 bridgehead atoms. The summed E-state index contributed by atoms with van der Waals surface area (Å²) in [6.07, 6.45) is 3.87. The largest absolute Gasteiger partial charge is 0.389 e. The minimum absolute atomic E-state index is 0.118. The predicted octanol–water partition coefficient (Wildman–Crippen LogP) is 1.39. The maximum atomic E-state index is 11.8. The first kappa shape index (κ1) is 15.4. The van der Waals surface area contributed by atoms with Crippen molar-refractivity contribution in [3.05, 3.63) is 0 Å². The molecule has 1 aliphatic rings. The smallest absolute Gasteiger partial charge is 0.236 e. The highest BCUT2D eigenvalue weighted by atomic mass is 16.3. The quantitative estimate of drug-likeness (QED) is 0.755. The van der Waals surface area contributed by atoms with Crippen LogP contribution in [-0.2, 0) is 4.79 Å². The molecule has 1 saturated carbocycles. The normalized spacial score (nSPS) is 28.1. The van der Waals surface area contributed by atoms with Gasteiger partial charge >= 0.3 is 0 Å². The summed E-state index contributed by atoms with van der Waals surface area (Å²) < 4.78 is 0. The summed E-state index contributed by atoms with van der Waals surface area (Å²) in [5.74, 6) is 0.843. The average molecular weight is 256 g/mol. The lowest BCUT2D eigenvalue weighted by atomic mass is 9.79. The lowest BCUT2D eigenvalue weighted by Gasteiger charge is -2.35. The molecule has 4 heteroatoms. The molecule has 0 atom stereocenters. The SMILES string of the molecule is CCN(CC)C(=O)CNCC1(O)CCC(C)CC1. The number of amides is 1. The van der Waals surface area contributed by atoms with Gasteiger partial charge in [0.2, 0.25) is 5.91 Å². The van der Waals surface area contributed by atoms with Gasteiger partial charge in [0, 0.05) is 19.6 Å². The van der Waals surface area contributed by atoms with E-state index in [1.165, 1.54) is 0 Å². The van der Waals surface area contributed by atoms with Crippen molar-refractivity contribution in [2.45, 2.75) is 52.1 Å². The highest BCUT2D eigenvalue weighted by molar-refractivity contribution is 5.78. The van der Waals surface area contributed by atoms with Gasteiger partial charge in [0.25, 0.3) is 0 Å². The van der Waals surface area contributed by atoms with Gasteiger partial charge in [-0.05, 0) is 45.4 Å². The molecule has 1 rings (SSSR count). The van der Waals surface area contributed by atoms with Crippen molar-refractivity contribution in [1.82, 2.24) is 10.2 Å². The highest BCUT2D eigenvalue weighted by Crippen LogP contribution is 2.31. The molecule has 0 aromatic carbocycles. The Bertz CT molecular complexity index is 257. The zero-order chi connectivity index (χ0) is 13.6. The van der Waals surface area contributed by atoms with Crippen molar-refractivity contribution < 1.29 is 9.90 Å². The Hall–Kier alpha value is -0.610. The number of carbonyl (C=O) groups is 1. The van der Waals surface area contributed by atoms with Crippen molar-refractivity contribution in [1.29, 1.82) is 0 Å². The van der Waals surface area contributed by atoms with Gasteiger partial charge in [-0.1, -0.05) is 6.92 Å². The maximum absolute atomic E-state index is 11.8. The summed E-state index contributed by atoms with van der Waals surface area (Å²) in [7, 11) is 0. The van der Waals surface area contributed by atoms with Gasteiger partial charge in [0.1, 0.15) is 0 Å². The van der Waals surface area contributed by atoms with E-state index in [1.807, 2.05) is 13.8 Å². The van der Waals surface area contributed by atoms with E-state index in [2.05, 4.69) is 12.2 Å². The van der Waals surface area contributed by atoms with Crippen LogP contribution in [0.2, 0.25) is 0 Å². The summed E-state index contributed by atoms with van der Waals surface area (Å²) >= 11 is 0. The van der Waals surface area contributed by atoms with Crippen molar-refractivity contribution in [2.24, 2.45) is 5.92 Å². The van der Waals surface area contributed by atoms with E-state index in [4.69, 9.17) is 0 Å². The van der Waals surface area contributed by atoms with Crippen LogP contribution in [0, 0.1) is 5.92 Å². The van der Waals surface area contributed by atoms with Crippen LogP contribution in [0.15, 0.2) is 0 Å². The molecule has 1 aliphatic carbocycles. The molecule has 0 aromatic rings. The average Bonchev–Trinajstić information content (AvgIpc) is 2.35. The lowest BCUT2D eigenvalue weighted by molar-refractivity contribution is -0.130. The van der Waals surface area contributed by atoms with Gasteiger partial charge < -0.3 is 15.3 Å². The second-order valence-electron chi connectivity index (χ2n) is 5.58. The molecule has 0 heterocycles. The number of rotatable bonds is 6. The van der Waals surface area contributed by atoms with Gasteiger partial charge in [-0.2, -0.15) is 0 Å². The van der Waals surface area contributed by atoms with Gasteiger partial charge in [-0.25, -0.2) is 0 Å². The lowest BCUT2D eigenvalue weighted by Crippen LogP contribution is -2.46. The second kappa shape index (κ2) is 7.10. The molecule has 1 amide bonds. The molecule has 4 nitrogen and oxygen atoms in total. The Morgan fingerprint density at radius 1 is 1.33 bits per heavy atom. The third-order valence-corrected chi connectivity index (χ3v) is 4.05. The molecular formula is C14H28N2O2. The number of aliphatic hydroxyl groups is 1. The number of carbonyl (C=O) groups excluding carboxylic acids is 1. The zero-order valence-electron chi connectivity index (χ0n) is 12.0. The molecule has 18 heavy (non-hydrogen) atoms. The third kappa shape index (κ3) is 4.58. The molecule has 0 spiro atoms. The van der Waals surface area contributed by atoms with Crippen LogP contribution in [0.1, 0.15) is 46.5 Å². The number of hydrogen-bond acceptors (Lipinski definition) is 3. The number of nitrogens with one attached hydrogen (secondary N) is 1. The fraction of sp³-hybridized carbons (Fsp3) is 0.929. The van der Waals surface area contributed by atoms with Gasteiger partial charge in [0.05, 0.1) is 12.1 Å². The first-order chi connectivity index (χ1) is 8.50. The van der Waals surface area contributed by atoms with Crippen LogP contribution in [0.25, 0.3) is 0 Å². The van der Waals surface area contributed by atoms with Crippen LogP contribution in [0.4, 0.5) is 0 Å². The fourth-order valence-corrected chi connectivity index (χ4v) is 2.57. The minimum atomic E-state index is -0.601. The molecule has 0 aromatic heterocycles. The summed E-state index contributed by atoms with van der Waals surface area (Å²) in [6.45, 7) is 8.57. The fourth-order valence-electron chi connectivity index (χ4n) is 2.57. The van der Waals surface area contributed by atoms with Crippen molar-refractivity contribution in [2.75, 3.05) is 26.2 Å². The van der Waals surface area contributed by atoms with E-state index < -0.39 is 5.60 Å². The topological polar surface area (TPSA) is 52.6 Å². The Labute approximate surface area is 111 Å². The van der Waals surface area contributed by atoms with Crippen molar-refractivity contribution in [3.63, 3.8) is 0 Å². The zero-order valence-corrected chi connectivity index (χ0v) is 12.0. The third-order valence-electron chi connectivity index (χ3n) is 4.05. The van der Waals surface area contributed by atoms with E-state index in [0.717, 1.165) is 44.7 Å². The van der Waals surface area contributed by atoms with Crippen molar-refractivity contribution in [3.8, 4) is 0 Å². The first-order valence-corrected chi connectivity index (χ1v) is 7.21. The standard InChI is InChI=1S/C14H28N2O2/c1-4-16(5-2)13(17)10-15-11-14(18)8-6-12(3)7-9-14/h12,15,18H,4-11H2,1-3H3. The Kier molecular flexibility index (Phi) is 6.09. The van der Waals surface area contributed by atoms with E-state index >= 15 is 0 Å². The molecule has 2 N–H and O–H groups in total. The van der Waals surface area contributed by atoms with Gasteiger partial charge in [0.15, 0.2) is 0 Å². The molecule has 0 radical (unpaired) electrons. The van der Waals surface area contributed by atoms with Gasteiger partial charge in [-0.15, -0.1) is 0 Å². The summed E-state index contributed by atoms with van der Waals surface area (Å²) in [6, 6.07) is 0. The van der Waals surface area contributed by atoms with E-state index in [9.17, 15) is 9.90 Å². The van der Waals surface area contributed by atoms with E-state index in [0.29, 0.717) is 13.1 Å². The summed E-state index contributed by atoms with van der Waals surface area (Å²) in [4.78, 5) is 13.6. The summed E-state index contributed by atoms with van der Waals surface area (Å²) in [5, 5.41) is 13.5. The monoisotopic (exact) mass is 256 g/mol. The Morgan fingerprint density at radius 3 is 2.39 bits per heavy atom. The maximum Gasteiger partial charge on any atom is 0.236 e. The van der Waals surface area contributed by atoms with E-state index in [1.54, 1.807) is 4.90 Å². The van der Waals surface area contributed by atoms with Crippen LogP contribution < -0.4 is 5.32 Å². The highest BCUT2D eigenvalue weighted by Gasteiger charge is 2.31. The molecule has 1 fully saturated rings. The predicted molar refractivity (Wildman–Crippen MR) is 73.4 cm³/mol. The van der Waals surface area contributed by atoms with Crippen LogP contribution >= 0.6 is 0 Å². The molecule has 106 valence electrons. The number of hydrogen-bond donors (Lipinski definition) is 2. The minimum Gasteiger partial charge on any atom is -0.389 e. The summed E-state index contributed by atoms with van der Waals surface area (Å²) in [5.41, 5.74) is -0.601. The Balaban J connectivity index is 2.26. The number of likely N-dealkylation sites (N-methyl/N-ethyl adjacent to an activating group) is 1. The number of nitrogens with zero attached hydrogens (tertiary/aromatic N) is 1. The Morgan fingerprint density at radius 2 is 1.89 bits per heavy atom. The van der Waals surface area contributed by atoms with Crippen LogP contribution in [-0.4, -0.2) is 47.7 Å². The van der Waals surface area contributed by atoms with Crippen LogP contribution in [0.3, 0.4) is 0 Å². The first-order valence-electron chi connectivity index (χ1n) is 7.21.